The topological polar surface area (TPSA) is 44.9 Å². The van der Waals surface area contributed by atoms with Crippen LogP contribution in [0.4, 0.5) is 0 Å². The summed E-state index contributed by atoms with van der Waals surface area (Å²) in [7, 11) is 0. The summed E-state index contributed by atoms with van der Waals surface area (Å²) in [5.41, 5.74) is 5.27. The Morgan fingerprint density at radius 1 is 0.963 bits per heavy atom. The predicted octanol–water partition coefficient (Wildman–Crippen LogP) is 5.04. The van der Waals surface area contributed by atoms with Crippen LogP contribution in [0, 0.1) is 6.92 Å². The second-order valence-electron chi connectivity index (χ2n) is 6.83. The van der Waals surface area contributed by atoms with Gasteiger partial charge in [0.15, 0.2) is 0 Å². The second-order valence-corrected chi connectivity index (χ2v) is 6.83. The highest BCUT2D eigenvalue weighted by molar-refractivity contribution is 5.94. The molecule has 3 heteroatoms. The summed E-state index contributed by atoms with van der Waals surface area (Å²) in [4.78, 5) is 16.0. The lowest BCUT2D eigenvalue weighted by molar-refractivity contribution is 0.0952. The van der Waals surface area contributed by atoms with Gasteiger partial charge in [0.05, 0.1) is 0 Å². The van der Waals surface area contributed by atoms with E-state index in [4.69, 9.17) is 0 Å². The van der Waals surface area contributed by atoms with Crippen LogP contribution in [0.2, 0.25) is 0 Å². The molecule has 0 aliphatic heterocycles. The monoisotopic (exact) mass is 354 g/mol. The van der Waals surface area contributed by atoms with E-state index in [-0.39, 0.29) is 11.8 Å². The van der Waals surface area contributed by atoms with Gasteiger partial charge in [-0.25, -0.2) is 0 Å². The minimum Gasteiger partial charge on any atom is -0.361 e. The fourth-order valence-electron chi connectivity index (χ4n) is 3.56. The van der Waals surface area contributed by atoms with Crippen LogP contribution in [0.3, 0.4) is 0 Å². The molecule has 134 valence electrons. The highest BCUT2D eigenvalue weighted by Crippen LogP contribution is 2.30. The number of hydrogen-bond donors (Lipinski definition) is 2. The number of aryl methyl sites for hydroxylation is 1. The molecule has 0 aliphatic rings. The van der Waals surface area contributed by atoms with E-state index in [1.165, 1.54) is 16.5 Å². The van der Waals surface area contributed by atoms with Crippen molar-refractivity contribution in [3.63, 3.8) is 0 Å². The van der Waals surface area contributed by atoms with Crippen LogP contribution in [0.25, 0.3) is 10.9 Å². The van der Waals surface area contributed by atoms with Crippen LogP contribution in [0.1, 0.15) is 33.0 Å². The van der Waals surface area contributed by atoms with Crippen LogP contribution in [-0.4, -0.2) is 17.4 Å². The standard InChI is InChI=1S/C24H22N2O/c1-17-8-7-11-19(14-17)24(27)26-15-21(18-9-3-2-4-10-18)22-16-25-23-13-6-5-12-20(22)23/h2-14,16,21,25H,15H2,1H3,(H,26,27). The predicted molar refractivity (Wildman–Crippen MR) is 110 cm³/mol. The first-order valence-electron chi connectivity index (χ1n) is 9.18. The number of amides is 1. The minimum absolute atomic E-state index is 0.0422. The highest BCUT2D eigenvalue weighted by Gasteiger charge is 2.19. The molecule has 0 radical (unpaired) electrons. The van der Waals surface area contributed by atoms with Crippen molar-refractivity contribution in [2.24, 2.45) is 0 Å². The van der Waals surface area contributed by atoms with Gasteiger partial charge in [-0.05, 0) is 36.2 Å². The van der Waals surface area contributed by atoms with Gasteiger partial charge in [0.2, 0.25) is 0 Å². The van der Waals surface area contributed by atoms with E-state index in [0.29, 0.717) is 12.1 Å². The van der Waals surface area contributed by atoms with Crippen molar-refractivity contribution in [1.82, 2.24) is 10.3 Å². The first kappa shape index (κ1) is 17.1. The van der Waals surface area contributed by atoms with E-state index in [9.17, 15) is 4.79 Å². The SMILES string of the molecule is Cc1cccc(C(=O)NCC(c2ccccc2)c2c[nH]c3ccccc23)c1. The minimum atomic E-state index is -0.0422. The molecule has 0 saturated heterocycles. The Morgan fingerprint density at radius 2 is 1.74 bits per heavy atom. The zero-order valence-electron chi connectivity index (χ0n) is 15.3. The first-order valence-corrected chi connectivity index (χ1v) is 9.18. The maximum absolute atomic E-state index is 12.6. The lowest BCUT2D eigenvalue weighted by Crippen LogP contribution is -2.28. The summed E-state index contributed by atoms with van der Waals surface area (Å²) in [5, 5.41) is 4.32. The first-order chi connectivity index (χ1) is 13.2. The van der Waals surface area contributed by atoms with E-state index in [1.807, 2.05) is 61.5 Å². The molecule has 0 spiro atoms. The molecule has 0 aliphatic carbocycles. The lowest BCUT2D eigenvalue weighted by Gasteiger charge is -2.18. The Balaban J connectivity index is 1.64. The van der Waals surface area contributed by atoms with Gasteiger partial charge >= 0.3 is 0 Å². The molecule has 0 bridgehead atoms. The van der Waals surface area contributed by atoms with Crippen LogP contribution in [0.15, 0.2) is 85.1 Å². The Morgan fingerprint density at radius 3 is 2.56 bits per heavy atom. The van der Waals surface area contributed by atoms with Crippen LogP contribution < -0.4 is 5.32 Å². The zero-order chi connectivity index (χ0) is 18.6. The van der Waals surface area contributed by atoms with Crippen LogP contribution in [0.5, 0.6) is 0 Å². The molecule has 3 aromatic carbocycles. The number of para-hydroxylation sites is 1. The maximum atomic E-state index is 12.6. The molecule has 2 N–H and O–H groups in total. The van der Waals surface area contributed by atoms with Gasteiger partial charge < -0.3 is 10.3 Å². The number of rotatable bonds is 5. The molecule has 4 rings (SSSR count). The molecule has 1 atom stereocenters. The van der Waals surface area contributed by atoms with E-state index >= 15 is 0 Å². The van der Waals surface area contributed by atoms with Crippen LogP contribution in [-0.2, 0) is 0 Å². The second kappa shape index (κ2) is 7.50. The lowest BCUT2D eigenvalue weighted by atomic mass is 9.91. The van der Waals surface area contributed by atoms with E-state index in [1.54, 1.807) is 0 Å². The highest BCUT2D eigenvalue weighted by atomic mass is 16.1. The molecule has 1 heterocycles. The molecule has 4 aromatic rings. The summed E-state index contributed by atoms with van der Waals surface area (Å²) < 4.78 is 0. The number of aromatic amines is 1. The zero-order valence-corrected chi connectivity index (χ0v) is 15.3. The average Bonchev–Trinajstić information content (AvgIpc) is 3.13. The fourth-order valence-corrected chi connectivity index (χ4v) is 3.56. The van der Waals surface area contributed by atoms with Gasteiger partial charge in [-0.15, -0.1) is 0 Å². The number of carbonyl (C=O) groups is 1. The maximum Gasteiger partial charge on any atom is 0.251 e. The molecular weight excluding hydrogens is 332 g/mol. The molecule has 1 unspecified atom stereocenters. The van der Waals surface area contributed by atoms with Gasteiger partial charge in [0, 0.05) is 35.1 Å². The van der Waals surface area contributed by atoms with Gasteiger partial charge in [-0.1, -0.05) is 66.2 Å². The van der Waals surface area contributed by atoms with Crippen molar-refractivity contribution < 1.29 is 4.79 Å². The summed E-state index contributed by atoms with van der Waals surface area (Å²) >= 11 is 0. The number of fused-ring (bicyclic) bond motifs is 1. The van der Waals surface area contributed by atoms with Gasteiger partial charge in [0.25, 0.3) is 5.91 Å². The van der Waals surface area contributed by atoms with E-state index < -0.39 is 0 Å². The number of nitrogens with one attached hydrogen (secondary N) is 2. The normalized spacial score (nSPS) is 12.0. The summed E-state index contributed by atoms with van der Waals surface area (Å²) in [6.45, 7) is 2.54. The van der Waals surface area contributed by atoms with Crippen molar-refractivity contribution in [2.75, 3.05) is 6.54 Å². The molecule has 27 heavy (non-hydrogen) atoms. The Labute approximate surface area is 159 Å². The quantitative estimate of drug-likeness (QED) is 0.518. The van der Waals surface area contributed by atoms with Gasteiger partial charge in [-0.2, -0.15) is 0 Å². The third-order valence-electron chi connectivity index (χ3n) is 4.95. The Kier molecular flexibility index (Phi) is 4.75. The average molecular weight is 354 g/mol. The van der Waals surface area contributed by atoms with Crippen molar-refractivity contribution in [3.8, 4) is 0 Å². The third kappa shape index (κ3) is 3.63. The van der Waals surface area contributed by atoms with Crippen molar-refractivity contribution >= 4 is 16.8 Å². The number of hydrogen-bond acceptors (Lipinski definition) is 1. The molecule has 1 amide bonds. The number of aromatic nitrogens is 1. The summed E-state index contributed by atoms with van der Waals surface area (Å²) in [6.07, 6.45) is 2.06. The van der Waals surface area contributed by atoms with E-state index in [0.717, 1.165) is 11.1 Å². The Hall–Kier alpha value is -3.33. The third-order valence-corrected chi connectivity index (χ3v) is 4.95. The Bertz CT molecular complexity index is 1070. The van der Waals surface area contributed by atoms with Crippen molar-refractivity contribution in [1.29, 1.82) is 0 Å². The molecule has 1 aromatic heterocycles. The van der Waals surface area contributed by atoms with Crippen molar-refractivity contribution in [2.45, 2.75) is 12.8 Å². The molecular formula is C24H22N2O. The number of H-pyrrole nitrogens is 1. The largest absolute Gasteiger partial charge is 0.361 e. The number of carbonyl (C=O) groups excluding carboxylic acids is 1. The summed E-state index contributed by atoms with van der Waals surface area (Å²) in [5.74, 6) is 0.0376. The van der Waals surface area contributed by atoms with Gasteiger partial charge in [0.1, 0.15) is 0 Å². The van der Waals surface area contributed by atoms with Crippen molar-refractivity contribution in [3.05, 3.63) is 107 Å². The van der Waals surface area contributed by atoms with Gasteiger partial charge in [-0.3, -0.25) is 4.79 Å². The molecule has 0 fully saturated rings. The van der Waals surface area contributed by atoms with E-state index in [2.05, 4.69) is 40.8 Å². The van der Waals surface area contributed by atoms with Crippen LogP contribution >= 0.6 is 0 Å². The number of benzene rings is 3. The smallest absolute Gasteiger partial charge is 0.251 e. The molecule has 0 saturated carbocycles. The fraction of sp³-hybridized carbons (Fsp3) is 0.125. The molecule has 3 nitrogen and oxygen atoms in total. The summed E-state index contributed by atoms with van der Waals surface area (Å²) in [6, 6.07) is 26.3.